The molecule has 0 aliphatic rings. The van der Waals surface area contributed by atoms with Gasteiger partial charge in [0.15, 0.2) is 11.6 Å². The molecule has 0 bridgehead atoms. The molecule has 2 rings (SSSR count). The quantitative estimate of drug-likeness (QED) is 0.886. The molecule has 0 aliphatic carbocycles. The van der Waals surface area contributed by atoms with Crippen molar-refractivity contribution in [3.63, 3.8) is 0 Å². The van der Waals surface area contributed by atoms with Gasteiger partial charge in [0.05, 0.1) is 0 Å². The minimum Gasteiger partial charge on any atom is -0.324 e. The molecule has 0 radical (unpaired) electrons. The van der Waals surface area contributed by atoms with E-state index in [2.05, 4.69) is 4.98 Å². The van der Waals surface area contributed by atoms with Crippen molar-refractivity contribution in [2.45, 2.75) is 12.5 Å². The minimum absolute atomic E-state index is 0.247. The van der Waals surface area contributed by atoms with E-state index in [1.807, 2.05) is 12.1 Å². The molecule has 0 saturated carbocycles. The topological polar surface area (TPSA) is 38.9 Å². The standard InChI is InChI=1S/C13H12F2N2/c14-11-2-1-9(7-12(11)15)8-13(16)10-3-5-17-6-4-10/h1-7,13H,8,16H2/t13-/m0/s1. The van der Waals surface area contributed by atoms with Crippen LogP contribution in [0.15, 0.2) is 42.7 Å². The molecular weight excluding hydrogens is 222 g/mol. The number of rotatable bonds is 3. The van der Waals surface area contributed by atoms with Crippen molar-refractivity contribution >= 4 is 0 Å². The molecule has 1 aromatic carbocycles. The summed E-state index contributed by atoms with van der Waals surface area (Å²) in [5.41, 5.74) is 7.57. The molecule has 2 aromatic rings. The van der Waals surface area contributed by atoms with Crippen LogP contribution < -0.4 is 5.73 Å². The number of pyridine rings is 1. The monoisotopic (exact) mass is 234 g/mol. The molecule has 0 fully saturated rings. The normalized spacial score (nSPS) is 12.4. The second kappa shape index (κ2) is 5.01. The summed E-state index contributed by atoms with van der Waals surface area (Å²) in [4.78, 5) is 3.90. The van der Waals surface area contributed by atoms with Crippen molar-refractivity contribution in [3.8, 4) is 0 Å². The number of hydrogen-bond donors (Lipinski definition) is 1. The molecule has 0 spiro atoms. The van der Waals surface area contributed by atoms with Crippen molar-refractivity contribution in [3.05, 3.63) is 65.5 Å². The van der Waals surface area contributed by atoms with Crippen molar-refractivity contribution in [2.75, 3.05) is 0 Å². The number of benzene rings is 1. The van der Waals surface area contributed by atoms with Gasteiger partial charge in [-0.3, -0.25) is 4.98 Å². The van der Waals surface area contributed by atoms with Crippen LogP contribution in [0.4, 0.5) is 8.78 Å². The SMILES string of the molecule is N[C@@H](Cc1ccc(F)c(F)c1)c1ccncc1. The molecule has 4 heteroatoms. The van der Waals surface area contributed by atoms with Gasteiger partial charge in [-0.1, -0.05) is 6.07 Å². The first-order valence-corrected chi connectivity index (χ1v) is 5.26. The third kappa shape index (κ3) is 2.85. The van der Waals surface area contributed by atoms with Crippen LogP contribution in [0.1, 0.15) is 17.2 Å². The summed E-state index contributed by atoms with van der Waals surface area (Å²) < 4.78 is 25.8. The van der Waals surface area contributed by atoms with Crippen molar-refractivity contribution in [1.82, 2.24) is 4.98 Å². The largest absolute Gasteiger partial charge is 0.324 e. The van der Waals surface area contributed by atoms with Crippen molar-refractivity contribution in [2.24, 2.45) is 5.73 Å². The van der Waals surface area contributed by atoms with E-state index in [1.54, 1.807) is 18.5 Å². The van der Waals surface area contributed by atoms with E-state index < -0.39 is 11.6 Å². The van der Waals surface area contributed by atoms with Gasteiger partial charge in [-0.2, -0.15) is 0 Å². The first-order valence-electron chi connectivity index (χ1n) is 5.26. The average Bonchev–Trinajstić information content (AvgIpc) is 2.35. The number of nitrogens with zero attached hydrogens (tertiary/aromatic N) is 1. The zero-order chi connectivity index (χ0) is 12.3. The fourth-order valence-corrected chi connectivity index (χ4v) is 1.65. The molecule has 2 nitrogen and oxygen atoms in total. The Bertz CT molecular complexity index is 500. The summed E-state index contributed by atoms with van der Waals surface area (Å²) in [6.45, 7) is 0. The third-order valence-electron chi connectivity index (χ3n) is 2.57. The number of aromatic nitrogens is 1. The lowest BCUT2D eigenvalue weighted by Gasteiger charge is -2.11. The zero-order valence-corrected chi connectivity index (χ0v) is 9.11. The van der Waals surface area contributed by atoms with Crippen LogP contribution >= 0.6 is 0 Å². The van der Waals surface area contributed by atoms with E-state index in [0.717, 1.165) is 11.6 Å². The lowest BCUT2D eigenvalue weighted by Crippen LogP contribution is -2.13. The Morgan fingerprint density at radius 1 is 1.06 bits per heavy atom. The van der Waals surface area contributed by atoms with Crippen LogP contribution in [0.2, 0.25) is 0 Å². The number of hydrogen-bond acceptors (Lipinski definition) is 2. The van der Waals surface area contributed by atoms with E-state index in [9.17, 15) is 8.78 Å². The highest BCUT2D eigenvalue weighted by atomic mass is 19.2. The highest BCUT2D eigenvalue weighted by Crippen LogP contribution is 2.17. The molecule has 1 heterocycles. The van der Waals surface area contributed by atoms with Gasteiger partial charge in [-0.25, -0.2) is 8.78 Å². The maximum Gasteiger partial charge on any atom is 0.159 e. The Morgan fingerprint density at radius 2 is 1.76 bits per heavy atom. The maximum absolute atomic E-state index is 13.0. The van der Waals surface area contributed by atoms with E-state index in [0.29, 0.717) is 12.0 Å². The highest BCUT2D eigenvalue weighted by molar-refractivity contribution is 5.22. The van der Waals surface area contributed by atoms with Crippen LogP contribution in [0.3, 0.4) is 0 Å². The molecule has 17 heavy (non-hydrogen) atoms. The van der Waals surface area contributed by atoms with E-state index >= 15 is 0 Å². The predicted molar refractivity (Wildman–Crippen MR) is 61.2 cm³/mol. The van der Waals surface area contributed by atoms with Crippen LogP contribution in [-0.2, 0) is 6.42 Å². The molecule has 0 saturated heterocycles. The molecule has 88 valence electrons. The first kappa shape index (κ1) is 11.7. The number of halogens is 2. The Balaban J connectivity index is 2.13. The van der Waals surface area contributed by atoms with Crippen molar-refractivity contribution < 1.29 is 8.78 Å². The molecular formula is C13H12F2N2. The molecule has 1 atom stereocenters. The van der Waals surface area contributed by atoms with Gasteiger partial charge in [-0.15, -0.1) is 0 Å². The molecule has 2 N–H and O–H groups in total. The minimum atomic E-state index is -0.843. The number of nitrogens with two attached hydrogens (primary N) is 1. The van der Waals surface area contributed by atoms with Crippen LogP contribution in [0.5, 0.6) is 0 Å². The third-order valence-corrected chi connectivity index (χ3v) is 2.57. The summed E-state index contributed by atoms with van der Waals surface area (Å²) in [6, 6.07) is 7.21. The van der Waals surface area contributed by atoms with Gasteiger partial charge in [0.25, 0.3) is 0 Å². The Hall–Kier alpha value is -1.81. The summed E-state index contributed by atoms with van der Waals surface area (Å²) in [5.74, 6) is -1.68. The second-order valence-electron chi connectivity index (χ2n) is 3.84. The molecule has 0 aliphatic heterocycles. The zero-order valence-electron chi connectivity index (χ0n) is 9.11. The Labute approximate surface area is 98.1 Å². The second-order valence-corrected chi connectivity index (χ2v) is 3.84. The molecule has 0 amide bonds. The molecule has 1 aromatic heterocycles. The molecule has 0 unspecified atom stereocenters. The fourth-order valence-electron chi connectivity index (χ4n) is 1.65. The van der Waals surface area contributed by atoms with E-state index in [4.69, 9.17) is 5.73 Å². The van der Waals surface area contributed by atoms with Gasteiger partial charge in [0, 0.05) is 18.4 Å². The van der Waals surface area contributed by atoms with Gasteiger partial charge in [0.1, 0.15) is 0 Å². The van der Waals surface area contributed by atoms with E-state index in [1.165, 1.54) is 6.07 Å². The fraction of sp³-hybridized carbons (Fsp3) is 0.154. The van der Waals surface area contributed by atoms with Gasteiger partial charge in [0.2, 0.25) is 0 Å². The van der Waals surface area contributed by atoms with Gasteiger partial charge < -0.3 is 5.73 Å². The summed E-state index contributed by atoms with van der Waals surface area (Å²) in [7, 11) is 0. The summed E-state index contributed by atoms with van der Waals surface area (Å²) in [5, 5.41) is 0. The van der Waals surface area contributed by atoms with Crippen LogP contribution in [0, 0.1) is 11.6 Å². The Morgan fingerprint density at radius 3 is 2.41 bits per heavy atom. The summed E-state index contributed by atoms with van der Waals surface area (Å²) >= 11 is 0. The predicted octanol–water partition coefficient (Wildman–Crippen LogP) is 2.60. The van der Waals surface area contributed by atoms with Gasteiger partial charge >= 0.3 is 0 Å². The van der Waals surface area contributed by atoms with Gasteiger partial charge in [-0.05, 0) is 41.8 Å². The first-order chi connectivity index (χ1) is 8.16. The summed E-state index contributed by atoms with van der Waals surface area (Å²) in [6.07, 6.45) is 3.77. The van der Waals surface area contributed by atoms with E-state index in [-0.39, 0.29) is 6.04 Å². The smallest absolute Gasteiger partial charge is 0.159 e. The van der Waals surface area contributed by atoms with Crippen LogP contribution in [-0.4, -0.2) is 4.98 Å². The average molecular weight is 234 g/mol. The Kier molecular flexibility index (Phi) is 3.44. The highest BCUT2D eigenvalue weighted by Gasteiger charge is 2.09. The lowest BCUT2D eigenvalue weighted by atomic mass is 10.0. The maximum atomic E-state index is 13.0. The van der Waals surface area contributed by atoms with Crippen LogP contribution in [0.25, 0.3) is 0 Å². The lowest BCUT2D eigenvalue weighted by molar-refractivity contribution is 0.506. The van der Waals surface area contributed by atoms with Crippen molar-refractivity contribution in [1.29, 1.82) is 0 Å².